The molecule has 1 amide bonds. The Morgan fingerprint density at radius 1 is 1.56 bits per heavy atom. The van der Waals surface area contributed by atoms with Crippen molar-refractivity contribution < 1.29 is 9.18 Å². The minimum absolute atomic E-state index is 0.00144. The van der Waals surface area contributed by atoms with E-state index in [1.165, 1.54) is 12.1 Å². The van der Waals surface area contributed by atoms with E-state index >= 15 is 0 Å². The largest absolute Gasteiger partial charge is 0.334 e. The van der Waals surface area contributed by atoms with Gasteiger partial charge in [-0.2, -0.15) is 0 Å². The van der Waals surface area contributed by atoms with Crippen molar-refractivity contribution in [2.24, 2.45) is 5.92 Å². The fourth-order valence-corrected chi connectivity index (χ4v) is 2.68. The third kappa shape index (κ3) is 2.53. The monoisotopic (exact) mass is 250 g/mol. The first-order chi connectivity index (χ1) is 8.63. The lowest BCUT2D eigenvalue weighted by Crippen LogP contribution is -2.37. The van der Waals surface area contributed by atoms with Gasteiger partial charge in [0.05, 0.1) is 12.6 Å². The Morgan fingerprint density at radius 2 is 2.33 bits per heavy atom. The van der Waals surface area contributed by atoms with Crippen LogP contribution < -0.4 is 5.32 Å². The van der Waals surface area contributed by atoms with E-state index in [1.807, 2.05) is 11.0 Å². The number of likely N-dealkylation sites (tertiary alicyclic amines) is 1. The highest BCUT2D eigenvalue weighted by atomic mass is 19.1. The number of nitrogens with one attached hydrogen (secondary N) is 1. The maximum absolute atomic E-state index is 13.3. The van der Waals surface area contributed by atoms with Crippen LogP contribution in [0, 0.1) is 11.7 Å². The van der Waals surface area contributed by atoms with E-state index in [1.54, 1.807) is 13.1 Å². The van der Waals surface area contributed by atoms with Gasteiger partial charge in [0.25, 0.3) is 0 Å². The summed E-state index contributed by atoms with van der Waals surface area (Å²) in [7, 11) is 1.76. The van der Waals surface area contributed by atoms with Gasteiger partial charge < -0.3 is 10.2 Å². The molecule has 2 atom stereocenters. The zero-order valence-corrected chi connectivity index (χ0v) is 10.8. The Balaban J connectivity index is 2.25. The average molecular weight is 250 g/mol. The summed E-state index contributed by atoms with van der Waals surface area (Å²) in [6.45, 7) is 3.20. The number of carbonyl (C=O) groups excluding carboxylic acids is 1. The highest BCUT2D eigenvalue weighted by Crippen LogP contribution is 2.36. The molecule has 1 fully saturated rings. The van der Waals surface area contributed by atoms with Crippen LogP contribution in [0.25, 0.3) is 0 Å². The first-order valence-electron chi connectivity index (χ1n) is 6.33. The number of amides is 1. The molecule has 1 N–H and O–H groups in total. The molecule has 0 bridgehead atoms. The molecule has 0 unspecified atom stereocenters. The van der Waals surface area contributed by atoms with Gasteiger partial charge in [-0.25, -0.2) is 4.39 Å². The number of nitrogens with zero attached hydrogens (tertiary/aromatic N) is 1. The number of halogens is 1. The Bertz CT molecular complexity index is 436. The van der Waals surface area contributed by atoms with E-state index in [4.69, 9.17) is 0 Å². The number of carbonyl (C=O) groups is 1. The summed E-state index contributed by atoms with van der Waals surface area (Å²) in [4.78, 5) is 13.9. The van der Waals surface area contributed by atoms with Gasteiger partial charge in [-0.05, 0) is 37.1 Å². The fourth-order valence-electron chi connectivity index (χ4n) is 2.68. The Labute approximate surface area is 107 Å². The summed E-state index contributed by atoms with van der Waals surface area (Å²) in [6.07, 6.45) is 0.969. The van der Waals surface area contributed by atoms with Gasteiger partial charge in [0.2, 0.25) is 5.91 Å². The van der Waals surface area contributed by atoms with Gasteiger partial charge in [-0.1, -0.05) is 19.1 Å². The minimum atomic E-state index is -0.243. The second kappa shape index (κ2) is 5.48. The average Bonchev–Trinajstić information content (AvgIpc) is 2.71. The van der Waals surface area contributed by atoms with E-state index in [2.05, 4.69) is 12.2 Å². The van der Waals surface area contributed by atoms with Crippen LogP contribution in [0.1, 0.15) is 24.9 Å². The first kappa shape index (κ1) is 13.0. The maximum atomic E-state index is 13.3. The van der Waals surface area contributed by atoms with Crippen molar-refractivity contribution in [1.29, 1.82) is 0 Å². The summed E-state index contributed by atoms with van der Waals surface area (Å²) < 4.78 is 13.3. The van der Waals surface area contributed by atoms with Crippen molar-refractivity contribution in [3.63, 3.8) is 0 Å². The van der Waals surface area contributed by atoms with E-state index in [0.29, 0.717) is 12.5 Å². The summed E-state index contributed by atoms with van der Waals surface area (Å²) in [6, 6.07) is 6.57. The number of hydrogen-bond donors (Lipinski definition) is 1. The van der Waals surface area contributed by atoms with Crippen LogP contribution in [0.3, 0.4) is 0 Å². The van der Waals surface area contributed by atoms with Crippen LogP contribution in [-0.2, 0) is 4.79 Å². The summed E-state index contributed by atoms with van der Waals surface area (Å²) >= 11 is 0. The van der Waals surface area contributed by atoms with E-state index < -0.39 is 0 Å². The zero-order chi connectivity index (χ0) is 13.1. The maximum Gasteiger partial charge on any atom is 0.237 e. The zero-order valence-electron chi connectivity index (χ0n) is 10.8. The van der Waals surface area contributed by atoms with Crippen LogP contribution in [0.4, 0.5) is 4.39 Å². The smallest absolute Gasteiger partial charge is 0.237 e. The van der Waals surface area contributed by atoms with Crippen molar-refractivity contribution in [2.75, 3.05) is 20.1 Å². The van der Waals surface area contributed by atoms with Crippen LogP contribution in [0.5, 0.6) is 0 Å². The Hall–Kier alpha value is -1.42. The molecule has 0 aliphatic carbocycles. The Kier molecular flexibility index (Phi) is 3.97. The lowest BCUT2D eigenvalue weighted by molar-refractivity contribution is -0.131. The predicted octanol–water partition coefficient (Wildman–Crippen LogP) is 1.95. The normalized spacial score (nSPS) is 23.4. The van der Waals surface area contributed by atoms with Crippen molar-refractivity contribution >= 4 is 5.91 Å². The standard InChI is InChI=1S/C14H19FN2O/c1-10-6-7-17(13(18)9-16-2)14(10)11-4-3-5-12(15)8-11/h3-5,8,10,14,16H,6-7,9H2,1-2H3/t10-,14-/m0/s1. The molecule has 1 aromatic carbocycles. The highest BCUT2D eigenvalue weighted by molar-refractivity contribution is 5.79. The van der Waals surface area contributed by atoms with Crippen LogP contribution in [0.2, 0.25) is 0 Å². The Morgan fingerprint density at radius 3 is 3.00 bits per heavy atom. The van der Waals surface area contributed by atoms with Gasteiger partial charge in [0.15, 0.2) is 0 Å². The fraction of sp³-hybridized carbons (Fsp3) is 0.500. The van der Waals surface area contributed by atoms with Crippen LogP contribution in [0.15, 0.2) is 24.3 Å². The molecule has 0 aromatic heterocycles. The third-order valence-corrected chi connectivity index (χ3v) is 3.54. The van der Waals surface area contributed by atoms with E-state index in [-0.39, 0.29) is 17.8 Å². The predicted molar refractivity (Wildman–Crippen MR) is 68.6 cm³/mol. The van der Waals surface area contributed by atoms with Gasteiger partial charge in [0.1, 0.15) is 5.82 Å². The van der Waals surface area contributed by atoms with Crippen molar-refractivity contribution in [3.05, 3.63) is 35.6 Å². The quantitative estimate of drug-likeness (QED) is 0.889. The van der Waals surface area contributed by atoms with Gasteiger partial charge >= 0.3 is 0 Å². The molecule has 3 nitrogen and oxygen atoms in total. The number of rotatable bonds is 3. The van der Waals surface area contributed by atoms with Crippen LogP contribution >= 0.6 is 0 Å². The number of likely N-dealkylation sites (N-methyl/N-ethyl adjacent to an activating group) is 1. The topological polar surface area (TPSA) is 32.3 Å². The number of hydrogen-bond acceptors (Lipinski definition) is 2. The lowest BCUT2D eigenvalue weighted by atomic mass is 9.95. The molecular formula is C14H19FN2O. The third-order valence-electron chi connectivity index (χ3n) is 3.54. The molecule has 0 spiro atoms. The summed E-state index contributed by atoms with van der Waals surface area (Å²) in [5, 5.41) is 2.88. The molecule has 1 saturated heterocycles. The van der Waals surface area contributed by atoms with Gasteiger partial charge in [0, 0.05) is 6.54 Å². The van der Waals surface area contributed by atoms with Crippen molar-refractivity contribution in [3.8, 4) is 0 Å². The minimum Gasteiger partial charge on any atom is -0.334 e. The molecule has 4 heteroatoms. The lowest BCUT2D eigenvalue weighted by Gasteiger charge is -2.27. The van der Waals surface area contributed by atoms with Crippen LogP contribution in [-0.4, -0.2) is 30.9 Å². The molecule has 18 heavy (non-hydrogen) atoms. The molecule has 0 radical (unpaired) electrons. The molecule has 98 valence electrons. The summed E-state index contributed by atoms with van der Waals surface area (Å²) in [5.74, 6) is 0.205. The van der Waals surface area contributed by atoms with E-state index in [0.717, 1.165) is 18.5 Å². The number of benzene rings is 1. The molecule has 2 rings (SSSR count). The molecule has 1 aliphatic rings. The van der Waals surface area contributed by atoms with Gasteiger partial charge in [-0.3, -0.25) is 4.79 Å². The van der Waals surface area contributed by atoms with Crippen molar-refractivity contribution in [2.45, 2.75) is 19.4 Å². The molecular weight excluding hydrogens is 231 g/mol. The second-order valence-corrected chi connectivity index (χ2v) is 4.88. The molecule has 0 saturated carbocycles. The SMILES string of the molecule is CNCC(=O)N1CC[C@H](C)[C@H]1c1cccc(F)c1. The molecule has 1 aromatic rings. The highest BCUT2D eigenvalue weighted by Gasteiger charge is 2.35. The first-order valence-corrected chi connectivity index (χ1v) is 6.33. The van der Waals surface area contributed by atoms with Gasteiger partial charge in [-0.15, -0.1) is 0 Å². The van der Waals surface area contributed by atoms with E-state index in [9.17, 15) is 9.18 Å². The second-order valence-electron chi connectivity index (χ2n) is 4.88. The van der Waals surface area contributed by atoms with Crippen molar-refractivity contribution in [1.82, 2.24) is 10.2 Å². The molecule has 1 aliphatic heterocycles. The molecule has 1 heterocycles. The summed E-state index contributed by atoms with van der Waals surface area (Å²) in [5.41, 5.74) is 0.893.